The Morgan fingerprint density at radius 1 is 1.23 bits per heavy atom. The molecule has 0 unspecified atom stereocenters. The first-order chi connectivity index (χ1) is 10.7. The number of aromatic amines is 1. The molecule has 0 atom stereocenters. The summed E-state index contributed by atoms with van der Waals surface area (Å²) in [5.74, 6) is 0.637. The fraction of sp³-hybridized carbons (Fsp3) is 0.333. The number of thioether (sulfide) groups is 1. The molecule has 0 saturated carbocycles. The average molecular weight is 315 g/mol. The van der Waals surface area contributed by atoms with Gasteiger partial charge in [0.05, 0.1) is 22.4 Å². The van der Waals surface area contributed by atoms with E-state index in [0.29, 0.717) is 17.5 Å². The Kier molecular flexibility index (Phi) is 4.24. The van der Waals surface area contributed by atoms with Crippen LogP contribution in [0.15, 0.2) is 34.2 Å². The van der Waals surface area contributed by atoms with Crippen LogP contribution in [0.1, 0.15) is 24.7 Å². The van der Waals surface area contributed by atoms with Crippen LogP contribution in [0.3, 0.4) is 0 Å². The molecule has 1 N–H and O–H groups in total. The van der Waals surface area contributed by atoms with Gasteiger partial charge in [-0.2, -0.15) is 0 Å². The molecule has 0 aliphatic carbocycles. The number of fused-ring (bicyclic) bond motifs is 1. The molecule has 0 radical (unpaired) electrons. The lowest BCUT2D eigenvalue weighted by Crippen LogP contribution is -2.17. The first kappa shape index (κ1) is 14.8. The summed E-state index contributed by atoms with van der Waals surface area (Å²) in [6, 6.07) is 7.82. The van der Waals surface area contributed by atoms with Gasteiger partial charge in [0.15, 0.2) is 5.16 Å². The summed E-state index contributed by atoms with van der Waals surface area (Å²) >= 11 is 1.50. The summed E-state index contributed by atoms with van der Waals surface area (Å²) in [7, 11) is 0. The van der Waals surface area contributed by atoms with E-state index in [1.165, 1.54) is 11.8 Å². The topological polar surface area (TPSA) is 76.5 Å². The Balaban J connectivity index is 1.85. The molecule has 0 fully saturated rings. The smallest absolute Gasteiger partial charge is 0.270 e. The second kappa shape index (κ2) is 6.31. The second-order valence-electron chi connectivity index (χ2n) is 5.00. The molecule has 6 nitrogen and oxygen atoms in total. The summed E-state index contributed by atoms with van der Waals surface area (Å²) in [6.45, 7) is 4.66. The van der Waals surface area contributed by atoms with E-state index in [1.807, 2.05) is 38.1 Å². The first-order valence-corrected chi connectivity index (χ1v) is 8.18. The van der Waals surface area contributed by atoms with Crippen molar-refractivity contribution < 1.29 is 0 Å². The Morgan fingerprint density at radius 3 is 2.68 bits per heavy atom. The molecule has 3 rings (SSSR count). The molecule has 0 bridgehead atoms. The number of aromatic nitrogens is 5. The van der Waals surface area contributed by atoms with E-state index < -0.39 is 0 Å². The molecule has 0 aliphatic rings. The number of rotatable bonds is 5. The molecule has 3 aromatic rings. The van der Waals surface area contributed by atoms with E-state index in [0.717, 1.165) is 28.8 Å². The van der Waals surface area contributed by atoms with Gasteiger partial charge in [-0.25, -0.2) is 19.9 Å². The van der Waals surface area contributed by atoms with Crippen LogP contribution in [-0.2, 0) is 12.3 Å². The highest BCUT2D eigenvalue weighted by Gasteiger charge is 2.11. The van der Waals surface area contributed by atoms with Crippen LogP contribution in [0.5, 0.6) is 0 Å². The van der Waals surface area contributed by atoms with Crippen molar-refractivity contribution in [3.05, 3.63) is 46.1 Å². The number of para-hydroxylation sites is 2. The van der Waals surface area contributed by atoms with Crippen molar-refractivity contribution in [3.8, 4) is 0 Å². The van der Waals surface area contributed by atoms with Crippen molar-refractivity contribution in [2.45, 2.75) is 37.7 Å². The highest BCUT2D eigenvalue weighted by molar-refractivity contribution is 7.98. The normalized spacial score (nSPS) is 11.2. The first-order valence-electron chi connectivity index (χ1n) is 7.19. The summed E-state index contributed by atoms with van der Waals surface area (Å²) in [6.07, 6.45) is 0.891. The zero-order valence-electron chi connectivity index (χ0n) is 12.5. The van der Waals surface area contributed by atoms with Crippen LogP contribution in [0.25, 0.3) is 11.0 Å². The lowest BCUT2D eigenvalue weighted by molar-refractivity contribution is 0.603. The molecular weight excluding hydrogens is 298 g/mol. The molecule has 0 amide bonds. The van der Waals surface area contributed by atoms with Crippen molar-refractivity contribution in [3.63, 3.8) is 0 Å². The Bertz CT molecular complexity index is 855. The summed E-state index contributed by atoms with van der Waals surface area (Å²) in [5, 5.41) is 7.28. The van der Waals surface area contributed by atoms with Gasteiger partial charge in [0.1, 0.15) is 0 Å². The van der Waals surface area contributed by atoms with E-state index >= 15 is 0 Å². The highest BCUT2D eigenvalue weighted by atomic mass is 32.2. The monoisotopic (exact) mass is 315 g/mol. The van der Waals surface area contributed by atoms with Crippen molar-refractivity contribution in [1.29, 1.82) is 0 Å². The Hall–Kier alpha value is -2.15. The Morgan fingerprint density at radius 2 is 1.95 bits per heavy atom. The van der Waals surface area contributed by atoms with Crippen LogP contribution in [0.2, 0.25) is 0 Å². The fourth-order valence-corrected chi connectivity index (χ4v) is 3.21. The predicted octanol–water partition coefficient (Wildman–Crippen LogP) is 2.53. The molecule has 22 heavy (non-hydrogen) atoms. The van der Waals surface area contributed by atoms with Crippen LogP contribution >= 0.6 is 11.8 Å². The summed E-state index contributed by atoms with van der Waals surface area (Å²) in [4.78, 5) is 20.9. The third-order valence-corrected chi connectivity index (χ3v) is 4.34. The number of nitrogens with zero attached hydrogens (tertiary/aromatic N) is 4. The maximum Gasteiger partial charge on any atom is 0.343 e. The average Bonchev–Trinajstić information content (AvgIpc) is 2.86. The minimum Gasteiger partial charge on any atom is -0.270 e. The second-order valence-corrected chi connectivity index (χ2v) is 5.94. The van der Waals surface area contributed by atoms with E-state index in [-0.39, 0.29) is 5.69 Å². The third kappa shape index (κ3) is 2.89. The van der Waals surface area contributed by atoms with Crippen molar-refractivity contribution >= 4 is 22.8 Å². The standard InChI is InChI=1S/C15H17N5OS/c1-3-8-20-14(21)18-19-15(20)22-9-13-10(2)16-11-6-4-5-7-12(11)17-13/h4-7H,3,8-9H2,1-2H3,(H,18,21). The van der Waals surface area contributed by atoms with Crippen molar-refractivity contribution in [2.24, 2.45) is 0 Å². The van der Waals surface area contributed by atoms with Gasteiger partial charge in [-0.15, -0.1) is 5.10 Å². The fourth-order valence-electron chi connectivity index (χ4n) is 2.23. The predicted molar refractivity (Wildman–Crippen MR) is 87.0 cm³/mol. The summed E-state index contributed by atoms with van der Waals surface area (Å²) in [5.41, 5.74) is 3.45. The van der Waals surface area contributed by atoms with Gasteiger partial charge < -0.3 is 0 Å². The quantitative estimate of drug-likeness (QED) is 0.732. The minimum atomic E-state index is -0.161. The molecule has 0 spiro atoms. The number of hydrogen-bond acceptors (Lipinski definition) is 5. The number of benzene rings is 1. The largest absolute Gasteiger partial charge is 0.343 e. The van der Waals surface area contributed by atoms with Gasteiger partial charge >= 0.3 is 5.69 Å². The lowest BCUT2D eigenvalue weighted by Gasteiger charge is -2.07. The molecule has 114 valence electrons. The molecular formula is C15H17N5OS. The summed E-state index contributed by atoms with van der Waals surface area (Å²) < 4.78 is 1.66. The van der Waals surface area contributed by atoms with Gasteiger partial charge in [-0.3, -0.25) is 4.57 Å². The van der Waals surface area contributed by atoms with Gasteiger partial charge in [0.2, 0.25) is 0 Å². The number of hydrogen-bond donors (Lipinski definition) is 1. The maximum atomic E-state index is 11.7. The SMILES string of the molecule is CCCn1c(SCc2nc3ccccc3nc2C)n[nH]c1=O. The third-order valence-electron chi connectivity index (χ3n) is 3.35. The van der Waals surface area contributed by atoms with E-state index in [9.17, 15) is 4.79 Å². The number of H-pyrrole nitrogens is 1. The minimum absolute atomic E-state index is 0.161. The molecule has 1 aromatic carbocycles. The van der Waals surface area contributed by atoms with Crippen LogP contribution in [0.4, 0.5) is 0 Å². The maximum absolute atomic E-state index is 11.7. The zero-order valence-corrected chi connectivity index (χ0v) is 13.4. The molecule has 0 saturated heterocycles. The lowest BCUT2D eigenvalue weighted by atomic mass is 10.2. The molecule has 2 heterocycles. The van der Waals surface area contributed by atoms with Crippen LogP contribution < -0.4 is 5.69 Å². The van der Waals surface area contributed by atoms with E-state index in [1.54, 1.807) is 4.57 Å². The van der Waals surface area contributed by atoms with Gasteiger partial charge in [0.25, 0.3) is 0 Å². The molecule has 0 aliphatic heterocycles. The van der Waals surface area contributed by atoms with E-state index in [2.05, 4.69) is 20.2 Å². The van der Waals surface area contributed by atoms with Gasteiger partial charge in [0, 0.05) is 12.3 Å². The van der Waals surface area contributed by atoms with E-state index in [4.69, 9.17) is 0 Å². The van der Waals surface area contributed by atoms with Crippen LogP contribution in [-0.4, -0.2) is 24.7 Å². The van der Waals surface area contributed by atoms with Crippen LogP contribution in [0, 0.1) is 6.92 Å². The zero-order chi connectivity index (χ0) is 15.5. The highest BCUT2D eigenvalue weighted by Crippen LogP contribution is 2.21. The molecule has 7 heteroatoms. The van der Waals surface area contributed by atoms with Crippen molar-refractivity contribution in [1.82, 2.24) is 24.7 Å². The van der Waals surface area contributed by atoms with Gasteiger partial charge in [-0.05, 0) is 25.5 Å². The Labute approximate surface area is 132 Å². The van der Waals surface area contributed by atoms with Crippen molar-refractivity contribution in [2.75, 3.05) is 0 Å². The number of aryl methyl sites for hydroxylation is 1. The number of nitrogens with one attached hydrogen (secondary N) is 1. The molecule has 2 aromatic heterocycles. The van der Waals surface area contributed by atoms with Gasteiger partial charge in [-0.1, -0.05) is 30.8 Å².